The third-order valence-corrected chi connectivity index (χ3v) is 7.42. The molecule has 134 valence electrons. The average Bonchev–Trinajstić information content (AvgIpc) is 3.07. The summed E-state index contributed by atoms with van der Waals surface area (Å²) in [5, 5.41) is 0. The fourth-order valence-corrected chi connectivity index (χ4v) is 5.76. The van der Waals surface area contributed by atoms with Gasteiger partial charge in [-0.05, 0) is 56.2 Å². The van der Waals surface area contributed by atoms with E-state index in [1.54, 1.807) is 0 Å². The molecule has 24 heavy (non-hydrogen) atoms. The minimum atomic E-state index is -3.94. The molecule has 3 rings (SSSR count). The molecule has 0 saturated carbocycles. The Labute approximate surface area is 146 Å². The molecule has 2 aliphatic rings. The van der Waals surface area contributed by atoms with Gasteiger partial charge in [0, 0.05) is 24.4 Å². The van der Waals surface area contributed by atoms with Crippen LogP contribution in [0.1, 0.15) is 19.3 Å². The van der Waals surface area contributed by atoms with E-state index in [0.29, 0.717) is 18.7 Å². The molecule has 1 N–H and O–H groups in total. The second-order valence-electron chi connectivity index (χ2n) is 6.42. The van der Waals surface area contributed by atoms with Crippen molar-refractivity contribution in [2.24, 2.45) is 5.92 Å². The summed E-state index contributed by atoms with van der Waals surface area (Å²) in [5.74, 6) is 0.836. The van der Waals surface area contributed by atoms with Gasteiger partial charge in [-0.1, -0.05) is 0 Å². The first-order valence-electron chi connectivity index (χ1n) is 8.22. The van der Waals surface area contributed by atoms with Crippen molar-refractivity contribution in [1.82, 2.24) is 9.62 Å². The van der Waals surface area contributed by atoms with Gasteiger partial charge in [0.25, 0.3) is 0 Å². The SMILES string of the molecule is O=S(=O)(NCC1CCN(C2CCSC2)CC1)c1ccc(F)cc1F. The van der Waals surface area contributed by atoms with Gasteiger partial charge in [0.1, 0.15) is 16.5 Å². The highest BCUT2D eigenvalue weighted by Gasteiger charge is 2.28. The highest BCUT2D eigenvalue weighted by atomic mass is 32.2. The van der Waals surface area contributed by atoms with Gasteiger partial charge in [-0.2, -0.15) is 11.8 Å². The number of thioether (sulfide) groups is 1. The predicted octanol–water partition coefficient (Wildman–Crippen LogP) is 2.46. The Hall–Kier alpha value is -0.700. The molecule has 1 unspecified atom stereocenters. The highest BCUT2D eigenvalue weighted by molar-refractivity contribution is 7.99. The fraction of sp³-hybridized carbons (Fsp3) is 0.625. The lowest BCUT2D eigenvalue weighted by atomic mass is 9.96. The molecule has 0 aliphatic carbocycles. The third-order valence-electron chi connectivity index (χ3n) is 4.82. The third kappa shape index (κ3) is 4.28. The summed E-state index contributed by atoms with van der Waals surface area (Å²) in [4.78, 5) is 2.01. The van der Waals surface area contributed by atoms with E-state index in [-0.39, 0.29) is 5.92 Å². The van der Waals surface area contributed by atoms with Crippen LogP contribution in [0, 0.1) is 17.6 Å². The lowest BCUT2D eigenvalue weighted by Gasteiger charge is -2.35. The normalized spacial score (nSPS) is 23.7. The number of nitrogens with zero attached hydrogens (tertiary/aromatic N) is 1. The number of hydrogen-bond donors (Lipinski definition) is 1. The first-order chi connectivity index (χ1) is 11.5. The minimum absolute atomic E-state index is 0.258. The monoisotopic (exact) mass is 376 g/mol. The van der Waals surface area contributed by atoms with Crippen molar-refractivity contribution in [3.63, 3.8) is 0 Å². The Morgan fingerprint density at radius 2 is 1.96 bits per heavy atom. The van der Waals surface area contributed by atoms with Crippen molar-refractivity contribution >= 4 is 21.8 Å². The quantitative estimate of drug-likeness (QED) is 0.858. The van der Waals surface area contributed by atoms with Crippen LogP contribution in [0.4, 0.5) is 8.78 Å². The van der Waals surface area contributed by atoms with Gasteiger partial charge in [-0.25, -0.2) is 21.9 Å². The summed E-state index contributed by atoms with van der Waals surface area (Å²) in [6.07, 6.45) is 3.12. The van der Waals surface area contributed by atoms with E-state index in [1.807, 2.05) is 11.8 Å². The second kappa shape index (κ2) is 7.68. The van der Waals surface area contributed by atoms with Crippen LogP contribution in [-0.4, -0.2) is 50.5 Å². The molecule has 8 heteroatoms. The molecule has 0 spiro atoms. The van der Waals surface area contributed by atoms with E-state index >= 15 is 0 Å². The fourth-order valence-electron chi connectivity index (χ4n) is 3.33. The number of benzene rings is 1. The number of sulfonamides is 1. The van der Waals surface area contributed by atoms with Gasteiger partial charge < -0.3 is 0 Å². The van der Waals surface area contributed by atoms with Crippen molar-refractivity contribution in [2.75, 3.05) is 31.1 Å². The molecule has 0 radical (unpaired) electrons. The Kier molecular flexibility index (Phi) is 5.79. The molecule has 0 bridgehead atoms. The molecule has 2 fully saturated rings. The maximum atomic E-state index is 13.7. The number of piperidine rings is 1. The molecule has 0 amide bonds. The van der Waals surface area contributed by atoms with Crippen LogP contribution in [0.5, 0.6) is 0 Å². The summed E-state index contributed by atoms with van der Waals surface area (Å²) < 4.78 is 53.4. The molecule has 0 aromatic heterocycles. The average molecular weight is 376 g/mol. The molecule has 1 aromatic rings. The molecule has 2 aliphatic heterocycles. The van der Waals surface area contributed by atoms with Gasteiger partial charge in [-0.3, -0.25) is 4.90 Å². The topological polar surface area (TPSA) is 49.4 Å². The number of rotatable bonds is 5. The summed E-state index contributed by atoms with van der Waals surface area (Å²) in [6.45, 7) is 2.28. The zero-order valence-corrected chi connectivity index (χ0v) is 15.0. The lowest BCUT2D eigenvalue weighted by molar-refractivity contribution is 0.145. The Bertz CT molecular complexity index is 671. The standard InChI is InChI=1S/C16H22F2N2O2S2/c17-13-1-2-16(15(18)9-13)24(21,22)19-10-12-3-6-20(7-4-12)14-5-8-23-11-14/h1-2,9,12,14,19H,3-8,10-11H2. The molecular weight excluding hydrogens is 354 g/mol. The summed E-state index contributed by atoms with van der Waals surface area (Å²) in [6, 6.07) is 3.18. The summed E-state index contributed by atoms with van der Waals surface area (Å²) in [5.41, 5.74) is 0. The summed E-state index contributed by atoms with van der Waals surface area (Å²) in [7, 11) is -3.94. The van der Waals surface area contributed by atoms with Gasteiger partial charge in [0.15, 0.2) is 0 Å². The van der Waals surface area contributed by atoms with E-state index in [4.69, 9.17) is 0 Å². The smallest absolute Gasteiger partial charge is 0.243 e. The van der Waals surface area contributed by atoms with Crippen molar-refractivity contribution in [3.8, 4) is 0 Å². The number of hydrogen-bond acceptors (Lipinski definition) is 4. The molecule has 2 heterocycles. The summed E-state index contributed by atoms with van der Waals surface area (Å²) >= 11 is 1.99. The Morgan fingerprint density at radius 1 is 1.21 bits per heavy atom. The first kappa shape index (κ1) is 18.1. The zero-order chi connectivity index (χ0) is 17.2. The van der Waals surface area contributed by atoms with Crippen molar-refractivity contribution < 1.29 is 17.2 Å². The molecule has 1 atom stereocenters. The van der Waals surface area contributed by atoms with Crippen LogP contribution >= 0.6 is 11.8 Å². The second-order valence-corrected chi connectivity index (χ2v) is 9.31. The zero-order valence-electron chi connectivity index (χ0n) is 13.4. The predicted molar refractivity (Wildman–Crippen MR) is 91.6 cm³/mol. The van der Waals surface area contributed by atoms with Crippen molar-refractivity contribution in [2.45, 2.75) is 30.2 Å². The van der Waals surface area contributed by atoms with Gasteiger partial charge in [0.05, 0.1) is 0 Å². The van der Waals surface area contributed by atoms with Crippen LogP contribution in [0.3, 0.4) is 0 Å². The van der Waals surface area contributed by atoms with E-state index in [1.165, 1.54) is 17.9 Å². The molecule has 2 saturated heterocycles. The van der Waals surface area contributed by atoms with E-state index in [9.17, 15) is 17.2 Å². The first-order valence-corrected chi connectivity index (χ1v) is 10.9. The number of halogens is 2. The van der Waals surface area contributed by atoms with Gasteiger partial charge in [-0.15, -0.1) is 0 Å². The highest BCUT2D eigenvalue weighted by Crippen LogP contribution is 2.27. The molecule has 1 aromatic carbocycles. The van der Waals surface area contributed by atoms with E-state index in [2.05, 4.69) is 9.62 Å². The van der Waals surface area contributed by atoms with Crippen LogP contribution < -0.4 is 4.72 Å². The minimum Gasteiger partial charge on any atom is -0.300 e. The maximum absolute atomic E-state index is 13.7. The van der Waals surface area contributed by atoms with Crippen LogP contribution in [-0.2, 0) is 10.0 Å². The Morgan fingerprint density at radius 3 is 2.58 bits per heavy atom. The van der Waals surface area contributed by atoms with E-state index in [0.717, 1.165) is 38.1 Å². The van der Waals surface area contributed by atoms with Crippen LogP contribution in [0.25, 0.3) is 0 Å². The van der Waals surface area contributed by atoms with Crippen LogP contribution in [0.15, 0.2) is 23.1 Å². The van der Waals surface area contributed by atoms with E-state index < -0.39 is 26.6 Å². The molecule has 4 nitrogen and oxygen atoms in total. The maximum Gasteiger partial charge on any atom is 0.243 e. The largest absolute Gasteiger partial charge is 0.300 e. The number of nitrogens with one attached hydrogen (secondary N) is 1. The number of likely N-dealkylation sites (tertiary alicyclic amines) is 1. The van der Waals surface area contributed by atoms with Crippen LogP contribution in [0.2, 0.25) is 0 Å². The van der Waals surface area contributed by atoms with Gasteiger partial charge in [0.2, 0.25) is 10.0 Å². The molecular formula is C16H22F2N2O2S2. The lowest BCUT2D eigenvalue weighted by Crippen LogP contribution is -2.43. The van der Waals surface area contributed by atoms with Gasteiger partial charge >= 0.3 is 0 Å². The van der Waals surface area contributed by atoms with Crippen molar-refractivity contribution in [3.05, 3.63) is 29.8 Å². The van der Waals surface area contributed by atoms with Crippen molar-refractivity contribution in [1.29, 1.82) is 0 Å². The Balaban J connectivity index is 1.52.